The van der Waals surface area contributed by atoms with Crippen molar-refractivity contribution < 1.29 is 18.0 Å². The van der Waals surface area contributed by atoms with Gasteiger partial charge in [0.25, 0.3) is 5.91 Å². The maximum Gasteiger partial charge on any atom is 0.258 e. The molecule has 1 amide bonds. The minimum atomic E-state index is -3.56. The zero-order valence-electron chi connectivity index (χ0n) is 15.3. The third kappa shape index (κ3) is 4.02. The van der Waals surface area contributed by atoms with Crippen molar-refractivity contribution in [1.82, 2.24) is 4.98 Å². The van der Waals surface area contributed by atoms with Crippen LogP contribution in [-0.2, 0) is 9.84 Å². The number of amides is 1. The van der Waals surface area contributed by atoms with Crippen molar-refractivity contribution in [3.63, 3.8) is 0 Å². The van der Waals surface area contributed by atoms with Crippen molar-refractivity contribution in [2.45, 2.75) is 18.7 Å². The molecule has 0 aliphatic heterocycles. The number of hydrogen-bond acceptors (Lipinski definition) is 6. The van der Waals surface area contributed by atoms with Gasteiger partial charge in [0.2, 0.25) is 0 Å². The molecular formula is C20H18N2O4S2. The molecule has 28 heavy (non-hydrogen) atoms. The Morgan fingerprint density at radius 3 is 2.32 bits per heavy atom. The molecule has 1 N–H and O–H groups in total. The molecular weight excluding hydrogens is 396 g/mol. The number of thiazole rings is 1. The van der Waals surface area contributed by atoms with E-state index in [9.17, 15) is 18.0 Å². The Balaban J connectivity index is 1.98. The van der Waals surface area contributed by atoms with E-state index in [0.29, 0.717) is 10.6 Å². The van der Waals surface area contributed by atoms with Gasteiger partial charge in [0.1, 0.15) is 0 Å². The zero-order valence-corrected chi connectivity index (χ0v) is 16.9. The quantitative estimate of drug-likeness (QED) is 0.614. The van der Waals surface area contributed by atoms with Crippen molar-refractivity contribution in [2.24, 2.45) is 0 Å². The number of aromatic nitrogens is 1. The number of carbonyl (C=O) groups excluding carboxylic acids is 2. The van der Waals surface area contributed by atoms with E-state index >= 15 is 0 Å². The van der Waals surface area contributed by atoms with Gasteiger partial charge in [-0.15, -0.1) is 0 Å². The topological polar surface area (TPSA) is 93.2 Å². The summed E-state index contributed by atoms with van der Waals surface area (Å²) >= 11 is 1.06. The number of rotatable bonds is 6. The summed E-state index contributed by atoms with van der Waals surface area (Å²) in [5, 5.41) is 2.87. The van der Waals surface area contributed by atoms with E-state index in [1.807, 2.05) is 30.3 Å². The molecule has 0 atom stereocenters. The highest BCUT2D eigenvalue weighted by atomic mass is 32.2. The van der Waals surface area contributed by atoms with Crippen molar-refractivity contribution in [1.29, 1.82) is 0 Å². The van der Waals surface area contributed by atoms with Crippen LogP contribution < -0.4 is 5.32 Å². The highest BCUT2D eigenvalue weighted by Crippen LogP contribution is 2.32. The lowest BCUT2D eigenvalue weighted by Gasteiger charge is -2.08. The predicted molar refractivity (Wildman–Crippen MR) is 110 cm³/mol. The molecule has 0 spiro atoms. The van der Waals surface area contributed by atoms with Crippen molar-refractivity contribution >= 4 is 38.0 Å². The summed E-state index contributed by atoms with van der Waals surface area (Å²) in [5.74, 6) is -0.858. The van der Waals surface area contributed by atoms with E-state index in [4.69, 9.17) is 0 Å². The smallest absolute Gasteiger partial charge is 0.258 e. The summed E-state index contributed by atoms with van der Waals surface area (Å²) < 4.78 is 24.5. The Labute approximate surface area is 167 Å². The predicted octanol–water partition coefficient (Wildman–Crippen LogP) is 4.06. The summed E-state index contributed by atoms with van der Waals surface area (Å²) in [4.78, 5) is 29.5. The van der Waals surface area contributed by atoms with Gasteiger partial charge in [-0.25, -0.2) is 13.4 Å². The lowest BCUT2D eigenvalue weighted by Crippen LogP contribution is -2.17. The van der Waals surface area contributed by atoms with Crippen LogP contribution in [-0.4, -0.2) is 30.8 Å². The fourth-order valence-electron chi connectivity index (χ4n) is 2.65. The maximum atomic E-state index is 12.7. The minimum Gasteiger partial charge on any atom is -0.298 e. The number of benzene rings is 2. The van der Waals surface area contributed by atoms with E-state index in [1.54, 1.807) is 12.1 Å². The third-order valence-corrected chi connectivity index (χ3v) is 6.92. The molecule has 0 aliphatic rings. The number of nitrogens with one attached hydrogen (secondary N) is 1. The monoisotopic (exact) mass is 414 g/mol. The fraction of sp³-hybridized carbons (Fsp3) is 0.150. The highest BCUT2D eigenvalue weighted by molar-refractivity contribution is 7.91. The Kier molecular flexibility index (Phi) is 5.71. The molecule has 0 unspecified atom stereocenters. The van der Waals surface area contributed by atoms with Crippen LogP contribution in [0.5, 0.6) is 0 Å². The van der Waals surface area contributed by atoms with Gasteiger partial charge in [0.15, 0.2) is 20.8 Å². The number of hydrogen-bond donors (Lipinski definition) is 1. The van der Waals surface area contributed by atoms with E-state index in [0.717, 1.165) is 16.9 Å². The number of carbonyl (C=O) groups is 2. The molecule has 144 valence electrons. The molecule has 0 bridgehead atoms. The lowest BCUT2D eigenvalue weighted by atomic mass is 10.1. The summed E-state index contributed by atoms with van der Waals surface area (Å²) in [5.41, 5.74) is 1.30. The van der Waals surface area contributed by atoms with Crippen LogP contribution in [0, 0.1) is 0 Å². The van der Waals surface area contributed by atoms with Gasteiger partial charge < -0.3 is 0 Å². The Hall–Kier alpha value is -2.84. The zero-order chi connectivity index (χ0) is 20.3. The number of Topliss-reactive ketones (excluding diaryl/α,β-unsaturated/α-hetero) is 1. The van der Waals surface area contributed by atoms with Crippen LogP contribution in [0.1, 0.15) is 33.9 Å². The molecule has 2 aromatic carbocycles. The van der Waals surface area contributed by atoms with E-state index in [-0.39, 0.29) is 27.1 Å². The van der Waals surface area contributed by atoms with E-state index in [1.165, 1.54) is 26.0 Å². The van der Waals surface area contributed by atoms with Crippen LogP contribution in [0.3, 0.4) is 0 Å². The molecule has 1 heterocycles. The molecule has 8 heteroatoms. The second-order valence-electron chi connectivity index (χ2n) is 5.97. The number of sulfone groups is 1. The van der Waals surface area contributed by atoms with Crippen molar-refractivity contribution in [2.75, 3.05) is 11.1 Å². The molecule has 0 saturated heterocycles. The number of nitrogens with zero attached hydrogens (tertiary/aromatic N) is 1. The second-order valence-corrected chi connectivity index (χ2v) is 9.22. The van der Waals surface area contributed by atoms with Gasteiger partial charge in [-0.1, -0.05) is 60.7 Å². The van der Waals surface area contributed by atoms with Crippen LogP contribution >= 0.6 is 11.3 Å². The van der Waals surface area contributed by atoms with E-state index in [2.05, 4.69) is 10.3 Å². The molecule has 6 nitrogen and oxygen atoms in total. The Morgan fingerprint density at radius 1 is 1.04 bits per heavy atom. The minimum absolute atomic E-state index is 0.0263. The maximum absolute atomic E-state index is 12.7. The summed E-state index contributed by atoms with van der Waals surface area (Å²) in [6.45, 7) is 2.96. The Bertz CT molecular complexity index is 1140. The first-order valence-corrected chi connectivity index (χ1v) is 11.0. The summed E-state index contributed by atoms with van der Waals surface area (Å²) in [6.07, 6.45) is 0. The van der Waals surface area contributed by atoms with Crippen molar-refractivity contribution in [3.05, 3.63) is 65.0 Å². The standard InChI is InChI=1S/C20H18N2O4S2/c1-3-28(25,26)16-12-8-7-11-15(16)19(24)22-20-21-17(18(27-20)13(2)23)14-9-5-4-6-10-14/h4-12H,3H2,1-2H3,(H,21,22,24). The average Bonchev–Trinajstić information content (AvgIpc) is 3.13. The highest BCUT2D eigenvalue weighted by Gasteiger charge is 2.23. The normalized spacial score (nSPS) is 11.2. The first-order chi connectivity index (χ1) is 13.3. The van der Waals surface area contributed by atoms with Crippen LogP contribution in [0.15, 0.2) is 59.5 Å². The molecule has 0 radical (unpaired) electrons. The second kappa shape index (κ2) is 8.04. The molecule has 0 fully saturated rings. The summed E-state index contributed by atoms with van der Waals surface area (Å²) in [6, 6.07) is 15.2. The fourth-order valence-corrected chi connectivity index (χ4v) is 4.62. The van der Waals surface area contributed by atoms with Crippen LogP contribution in [0.4, 0.5) is 5.13 Å². The van der Waals surface area contributed by atoms with Gasteiger partial charge in [-0.05, 0) is 12.1 Å². The largest absolute Gasteiger partial charge is 0.298 e. The van der Waals surface area contributed by atoms with Gasteiger partial charge in [0, 0.05) is 12.5 Å². The van der Waals surface area contributed by atoms with Crippen molar-refractivity contribution in [3.8, 4) is 11.3 Å². The third-order valence-electron chi connectivity index (χ3n) is 4.06. The van der Waals surface area contributed by atoms with Gasteiger partial charge >= 0.3 is 0 Å². The first-order valence-electron chi connectivity index (χ1n) is 8.53. The molecule has 1 aromatic heterocycles. The lowest BCUT2D eigenvalue weighted by molar-refractivity contribution is 0.101. The van der Waals surface area contributed by atoms with Gasteiger partial charge in [-0.3, -0.25) is 14.9 Å². The summed E-state index contributed by atoms with van der Waals surface area (Å²) in [7, 11) is -3.56. The SMILES string of the molecule is CCS(=O)(=O)c1ccccc1C(=O)Nc1nc(-c2ccccc2)c(C(C)=O)s1. The molecule has 0 saturated carbocycles. The molecule has 3 aromatic rings. The molecule has 0 aliphatic carbocycles. The van der Waals surface area contributed by atoms with E-state index < -0.39 is 15.7 Å². The Morgan fingerprint density at radius 2 is 1.68 bits per heavy atom. The van der Waals surface area contributed by atoms with Gasteiger partial charge in [0.05, 0.1) is 26.8 Å². The molecule has 3 rings (SSSR count). The average molecular weight is 415 g/mol. The van der Waals surface area contributed by atoms with Crippen LogP contribution in [0.25, 0.3) is 11.3 Å². The van der Waals surface area contributed by atoms with Gasteiger partial charge in [-0.2, -0.15) is 0 Å². The van der Waals surface area contributed by atoms with Crippen LogP contribution in [0.2, 0.25) is 0 Å². The number of ketones is 1. The number of anilines is 1. The first kappa shape index (κ1) is 19.9.